The highest BCUT2D eigenvalue weighted by Crippen LogP contribution is 2.31. The SMILES string of the molecule is CC(=O)Nc1ccc(S(=O)(=O)N[C@H](C)c2cccc(C(F)(F)F)c2)cc1. The molecule has 0 aliphatic carbocycles. The molecule has 1 amide bonds. The topological polar surface area (TPSA) is 75.3 Å². The zero-order chi connectivity index (χ0) is 19.5. The summed E-state index contributed by atoms with van der Waals surface area (Å²) in [6, 6.07) is 9.05. The van der Waals surface area contributed by atoms with E-state index in [1.807, 2.05) is 0 Å². The summed E-state index contributed by atoms with van der Waals surface area (Å²) in [6.07, 6.45) is -4.51. The van der Waals surface area contributed by atoms with E-state index in [-0.39, 0.29) is 16.4 Å². The summed E-state index contributed by atoms with van der Waals surface area (Å²) in [5.41, 5.74) is -0.221. The zero-order valence-electron chi connectivity index (χ0n) is 14.0. The average Bonchev–Trinajstić information content (AvgIpc) is 2.53. The van der Waals surface area contributed by atoms with Crippen molar-refractivity contribution in [3.8, 4) is 0 Å². The van der Waals surface area contributed by atoms with E-state index in [0.717, 1.165) is 12.1 Å². The molecular formula is C17H17F3N2O3S. The third-order valence-corrected chi connectivity index (χ3v) is 5.09. The van der Waals surface area contributed by atoms with E-state index in [1.54, 1.807) is 0 Å². The van der Waals surface area contributed by atoms with Crippen LogP contribution in [0.4, 0.5) is 18.9 Å². The van der Waals surface area contributed by atoms with Crippen molar-refractivity contribution >= 4 is 21.6 Å². The Hall–Kier alpha value is -2.39. The third-order valence-electron chi connectivity index (χ3n) is 3.53. The van der Waals surface area contributed by atoms with Crippen molar-refractivity contribution in [1.29, 1.82) is 0 Å². The van der Waals surface area contributed by atoms with Crippen LogP contribution in [-0.4, -0.2) is 14.3 Å². The van der Waals surface area contributed by atoms with E-state index in [9.17, 15) is 26.4 Å². The van der Waals surface area contributed by atoms with Gasteiger partial charge in [0.05, 0.1) is 10.5 Å². The molecule has 0 aromatic heterocycles. The second kappa shape index (κ2) is 7.46. The Morgan fingerprint density at radius 1 is 1.08 bits per heavy atom. The highest BCUT2D eigenvalue weighted by molar-refractivity contribution is 7.89. The molecule has 0 radical (unpaired) electrons. The minimum absolute atomic E-state index is 0.0644. The maximum absolute atomic E-state index is 12.8. The minimum Gasteiger partial charge on any atom is -0.326 e. The lowest BCUT2D eigenvalue weighted by atomic mass is 10.1. The molecule has 2 aromatic rings. The summed E-state index contributed by atoms with van der Waals surface area (Å²) < 4.78 is 65.5. The van der Waals surface area contributed by atoms with E-state index in [1.165, 1.54) is 50.2 Å². The van der Waals surface area contributed by atoms with Crippen LogP contribution in [0, 0.1) is 0 Å². The van der Waals surface area contributed by atoms with E-state index in [4.69, 9.17) is 0 Å². The smallest absolute Gasteiger partial charge is 0.326 e. The fraction of sp³-hybridized carbons (Fsp3) is 0.235. The largest absolute Gasteiger partial charge is 0.416 e. The first-order valence-electron chi connectivity index (χ1n) is 7.56. The van der Waals surface area contributed by atoms with Gasteiger partial charge in [0, 0.05) is 18.7 Å². The van der Waals surface area contributed by atoms with Crippen molar-refractivity contribution in [3.63, 3.8) is 0 Å². The molecule has 5 nitrogen and oxygen atoms in total. The van der Waals surface area contributed by atoms with Gasteiger partial charge in [-0.15, -0.1) is 0 Å². The van der Waals surface area contributed by atoms with Gasteiger partial charge in [0.25, 0.3) is 0 Å². The number of halogens is 3. The molecule has 0 heterocycles. The number of anilines is 1. The van der Waals surface area contributed by atoms with Gasteiger partial charge in [-0.05, 0) is 48.9 Å². The third kappa shape index (κ3) is 5.06. The lowest BCUT2D eigenvalue weighted by Crippen LogP contribution is -2.27. The summed E-state index contributed by atoms with van der Waals surface area (Å²) in [4.78, 5) is 10.9. The fourth-order valence-electron chi connectivity index (χ4n) is 2.27. The van der Waals surface area contributed by atoms with E-state index in [0.29, 0.717) is 5.69 Å². The zero-order valence-corrected chi connectivity index (χ0v) is 14.8. The Balaban J connectivity index is 2.19. The van der Waals surface area contributed by atoms with Crippen molar-refractivity contribution in [2.75, 3.05) is 5.32 Å². The Bertz CT molecular complexity index is 894. The first kappa shape index (κ1) is 19.9. The molecule has 0 aliphatic heterocycles. The van der Waals surface area contributed by atoms with Crippen LogP contribution in [0.1, 0.15) is 31.0 Å². The van der Waals surface area contributed by atoms with E-state index >= 15 is 0 Å². The number of alkyl halides is 3. The van der Waals surface area contributed by atoms with Crippen molar-refractivity contribution in [2.24, 2.45) is 0 Å². The molecule has 2 N–H and O–H groups in total. The Kier molecular flexibility index (Phi) is 5.72. The number of benzene rings is 2. The summed E-state index contributed by atoms with van der Waals surface area (Å²) in [7, 11) is -3.95. The minimum atomic E-state index is -4.51. The number of hydrogen-bond acceptors (Lipinski definition) is 3. The van der Waals surface area contributed by atoms with Crippen LogP contribution in [0.25, 0.3) is 0 Å². The Labute approximate surface area is 149 Å². The van der Waals surface area contributed by atoms with Crippen LogP contribution in [0.15, 0.2) is 53.4 Å². The molecule has 0 fully saturated rings. The fourth-order valence-corrected chi connectivity index (χ4v) is 3.51. The Morgan fingerprint density at radius 2 is 1.69 bits per heavy atom. The second-order valence-electron chi connectivity index (χ2n) is 5.67. The molecule has 0 spiro atoms. The van der Waals surface area contributed by atoms with Crippen LogP contribution in [0.2, 0.25) is 0 Å². The highest BCUT2D eigenvalue weighted by Gasteiger charge is 2.31. The molecule has 26 heavy (non-hydrogen) atoms. The normalized spacial score (nSPS) is 13.3. The molecule has 2 rings (SSSR count). The van der Waals surface area contributed by atoms with Gasteiger partial charge in [0.1, 0.15) is 0 Å². The van der Waals surface area contributed by atoms with Crippen molar-refractivity contribution in [3.05, 3.63) is 59.7 Å². The summed E-state index contributed by atoms with van der Waals surface area (Å²) in [6.45, 7) is 2.78. The molecule has 1 atom stereocenters. The number of hydrogen-bond donors (Lipinski definition) is 2. The van der Waals surface area contributed by atoms with E-state index < -0.39 is 27.8 Å². The van der Waals surface area contributed by atoms with Crippen LogP contribution in [0.3, 0.4) is 0 Å². The van der Waals surface area contributed by atoms with Gasteiger partial charge in [0.15, 0.2) is 0 Å². The summed E-state index contributed by atoms with van der Waals surface area (Å²) in [5, 5.41) is 2.51. The maximum Gasteiger partial charge on any atom is 0.416 e. The van der Waals surface area contributed by atoms with Crippen LogP contribution < -0.4 is 10.0 Å². The molecule has 9 heteroatoms. The predicted molar refractivity (Wildman–Crippen MR) is 90.9 cm³/mol. The molecule has 0 bridgehead atoms. The quantitative estimate of drug-likeness (QED) is 0.823. The lowest BCUT2D eigenvalue weighted by Gasteiger charge is -2.16. The molecule has 0 saturated heterocycles. The first-order valence-corrected chi connectivity index (χ1v) is 9.04. The maximum atomic E-state index is 12.8. The predicted octanol–water partition coefficient (Wildman–Crippen LogP) is 3.70. The van der Waals surface area contributed by atoms with Gasteiger partial charge in [-0.1, -0.05) is 12.1 Å². The first-order chi connectivity index (χ1) is 12.0. The number of sulfonamides is 1. The Morgan fingerprint density at radius 3 is 2.23 bits per heavy atom. The number of rotatable bonds is 5. The number of nitrogens with one attached hydrogen (secondary N) is 2. The summed E-state index contributed by atoms with van der Waals surface area (Å²) in [5.74, 6) is -0.295. The van der Waals surface area contributed by atoms with Gasteiger partial charge >= 0.3 is 6.18 Å². The second-order valence-corrected chi connectivity index (χ2v) is 7.39. The number of carbonyl (C=O) groups excluding carboxylic acids is 1. The monoisotopic (exact) mass is 386 g/mol. The molecule has 140 valence electrons. The van der Waals surface area contributed by atoms with Gasteiger partial charge in [-0.2, -0.15) is 13.2 Å². The number of carbonyl (C=O) groups is 1. The van der Waals surface area contributed by atoms with Gasteiger partial charge in [-0.25, -0.2) is 13.1 Å². The number of amides is 1. The molecule has 0 unspecified atom stereocenters. The average molecular weight is 386 g/mol. The molecule has 2 aromatic carbocycles. The molecule has 0 aliphatic rings. The van der Waals surface area contributed by atoms with Gasteiger partial charge in [-0.3, -0.25) is 4.79 Å². The van der Waals surface area contributed by atoms with Gasteiger partial charge < -0.3 is 5.32 Å². The van der Waals surface area contributed by atoms with Crippen LogP contribution >= 0.6 is 0 Å². The van der Waals surface area contributed by atoms with Crippen LogP contribution in [-0.2, 0) is 21.0 Å². The van der Waals surface area contributed by atoms with Gasteiger partial charge in [0.2, 0.25) is 15.9 Å². The molecular weight excluding hydrogens is 369 g/mol. The van der Waals surface area contributed by atoms with E-state index in [2.05, 4.69) is 10.0 Å². The van der Waals surface area contributed by atoms with Crippen molar-refractivity contribution < 1.29 is 26.4 Å². The van der Waals surface area contributed by atoms with Crippen molar-refractivity contribution in [1.82, 2.24) is 4.72 Å². The lowest BCUT2D eigenvalue weighted by molar-refractivity contribution is -0.137. The summed E-state index contributed by atoms with van der Waals surface area (Å²) >= 11 is 0. The van der Waals surface area contributed by atoms with Crippen molar-refractivity contribution in [2.45, 2.75) is 31.0 Å². The van der Waals surface area contributed by atoms with Crippen LogP contribution in [0.5, 0.6) is 0 Å². The highest BCUT2D eigenvalue weighted by atomic mass is 32.2. The standard InChI is InChI=1S/C17H17F3N2O3S/c1-11(13-4-3-5-14(10-13)17(18,19)20)22-26(24,25)16-8-6-15(7-9-16)21-12(2)23/h3-11,22H,1-2H3,(H,21,23)/t11-/m1/s1. The molecule has 0 saturated carbocycles.